The molecule has 3 aromatic rings. The SMILES string of the molecule is CN1CCCN(C(=O)c2sc(-c3ccco3)nc2-c2ccccc2)CC1. The molecule has 0 aliphatic carbocycles. The van der Waals surface area contributed by atoms with Crippen molar-refractivity contribution in [1.29, 1.82) is 0 Å². The zero-order valence-electron chi connectivity index (χ0n) is 14.7. The molecule has 0 radical (unpaired) electrons. The Morgan fingerprint density at radius 3 is 2.69 bits per heavy atom. The van der Waals surface area contributed by atoms with Crippen molar-refractivity contribution in [1.82, 2.24) is 14.8 Å². The van der Waals surface area contributed by atoms with Gasteiger partial charge in [-0.25, -0.2) is 4.98 Å². The molecule has 3 heterocycles. The molecule has 6 heteroatoms. The van der Waals surface area contributed by atoms with Crippen molar-refractivity contribution < 1.29 is 9.21 Å². The summed E-state index contributed by atoms with van der Waals surface area (Å²) in [4.78, 5) is 22.9. The van der Waals surface area contributed by atoms with Crippen LogP contribution in [0, 0.1) is 0 Å². The first-order chi connectivity index (χ1) is 12.7. The Morgan fingerprint density at radius 2 is 1.92 bits per heavy atom. The monoisotopic (exact) mass is 367 g/mol. The lowest BCUT2D eigenvalue weighted by Crippen LogP contribution is -2.34. The van der Waals surface area contributed by atoms with Gasteiger partial charge in [-0.1, -0.05) is 30.3 Å². The molecule has 1 amide bonds. The standard InChI is InChI=1S/C20H21N3O2S/c1-22-10-6-11-23(13-12-22)20(24)18-17(15-7-3-2-4-8-15)21-19(26-18)16-9-5-14-25-16/h2-5,7-9,14H,6,10-13H2,1H3. The van der Waals surface area contributed by atoms with E-state index in [9.17, 15) is 4.79 Å². The van der Waals surface area contributed by atoms with Crippen LogP contribution >= 0.6 is 11.3 Å². The second-order valence-corrected chi connectivity index (χ2v) is 7.49. The minimum Gasteiger partial charge on any atom is -0.462 e. The van der Waals surface area contributed by atoms with Crippen LogP contribution in [0.2, 0.25) is 0 Å². The molecule has 2 aromatic heterocycles. The molecule has 1 fully saturated rings. The van der Waals surface area contributed by atoms with E-state index in [0.717, 1.165) is 48.9 Å². The molecule has 1 aliphatic heterocycles. The van der Waals surface area contributed by atoms with Crippen LogP contribution in [0.25, 0.3) is 22.0 Å². The number of aromatic nitrogens is 1. The van der Waals surface area contributed by atoms with Crippen LogP contribution in [0.4, 0.5) is 0 Å². The van der Waals surface area contributed by atoms with E-state index in [1.165, 1.54) is 11.3 Å². The molecule has 4 rings (SSSR count). The summed E-state index contributed by atoms with van der Waals surface area (Å²) in [6.07, 6.45) is 2.62. The Hall–Kier alpha value is -2.44. The van der Waals surface area contributed by atoms with E-state index < -0.39 is 0 Å². The van der Waals surface area contributed by atoms with Crippen molar-refractivity contribution >= 4 is 17.2 Å². The number of furan rings is 1. The Kier molecular flexibility index (Phi) is 4.86. The fourth-order valence-electron chi connectivity index (χ4n) is 3.16. The van der Waals surface area contributed by atoms with Crippen LogP contribution in [-0.4, -0.2) is 53.9 Å². The van der Waals surface area contributed by atoms with Crippen molar-refractivity contribution in [2.45, 2.75) is 6.42 Å². The average Bonchev–Trinajstić information content (AvgIpc) is 3.29. The van der Waals surface area contributed by atoms with Gasteiger partial charge in [0.2, 0.25) is 0 Å². The van der Waals surface area contributed by atoms with Crippen LogP contribution in [-0.2, 0) is 0 Å². The number of carbonyl (C=O) groups is 1. The van der Waals surface area contributed by atoms with Crippen LogP contribution in [0.5, 0.6) is 0 Å². The first kappa shape index (κ1) is 17.0. The molecule has 0 atom stereocenters. The van der Waals surface area contributed by atoms with Crippen molar-refractivity contribution in [3.63, 3.8) is 0 Å². The number of rotatable bonds is 3. The van der Waals surface area contributed by atoms with E-state index in [-0.39, 0.29) is 5.91 Å². The first-order valence-corrected chi connectivity index (χ1v) is 9.62. The molecule has 0 spiro atoms. The highest BCUT2D eigenvalue weighted by Gasteiger charge is 2.26. The van der Waals surface area contributed by atoms with Gasteiger partial charge in [0.05, 0.1) is 12.0 Å². The van der Waals surface area contributed by atoms with Gasteiger partial charge in [0.25, 0.3) is 5.91 Å². The Balaban J connectivity index is 1.73. The van der Waals surface area contributed by atoms with E-state index in [0.29, 0.717) is 10.6 Å². The molecular weight excluding hydrogens is 346 g/mol. The van der Waals surface area contributed by atoms with E-state index in [2.05, 4.69) is 11.9 Å². The third-order valence-corrected chi connectivity index (χ3v) is 5.67. The number of benzene rings is 1. The highest BCUT2D eigenvalue weighted by atomic mass is 32.1. The van der Waals surface area contributed by atoms with Crippen LogP contribution in [0.3, 0.4) is 0 Å². The van der Waals surface area contributed by atoms with Crippen molar-refractivity contribution in [3.8, 4) is 22.0 Å². The van der Waals surface area contributed by atoms with E-state index in [1.54, 1.807) is 6.26 Å². The maximum absolute atomic E-state index is 13.3. The number of thiazole rings is 1. The molecule has 0 N–H and O–H groups in total. The fourth-order valence-corrected chi connectivity index (χ4v) is 4.18. The lowest BCUT2D eigenvalue weighted by Gasteiger charge is -2.20. The quantitative estimate of drug-likeness (QED) is 0.706. The minimum absolute atomic E-state index is 0.0643. The number of nitrogens with zero attached hydrogens (tertiary/aromatic N) is 3. The smallest absolute Gasteiger partial charge is 0.266 e. The van der Waals surface area contributed by atoms with E-state index in [1.807, 2.05) is 47.4 Å². The summed E-state index contributed by atoms with van der Waals surface area (Å²) in [5.74, 6) is 0.760. The van der Waals surface area contributed by atoms with Gasteiger partial charge in [0.1, 0.15) is 4.88 Å². The molecule has 5 nitrogen and oxygen atoms in total. The molecule has 0 unspecified atom stereocenters. The highest BCUT2D eigenvalue weighted by Crippen LogP contribution is 2.35. The topological polar surface area (TPSA) is 49.6 Å². The number of hydrogen-bond donors (Lipinski definition) is 0. The maximum Gasteiger partial charge on any atom is 0.266 e. The van der Waals surface area contributed by atoms with E-state index >= 15 is 0 Å². The predicted octanol–water partition coefficient (Wildman–Crippen LogP) is 3.85. The third-order valence-electron chi connectivity index (χ3n) is 4.61. The fraction of sp³-hybridized carbons (Fsp3) is 0.300. The third kappa shape index (κ3) is 3.43. The number of amides is 1. The largest absolute Gasteiger partial charge is 0.462 e. The van der Waals surface area contributed by atoms with Gasteiger partial charge in [-0.05, 0) is 32.1 Å². The molecular formula is C20H21N3O2S. The summed E-state index contributed by atoms with van der Waals surface area (Å²) in [6.45, 7) is 3.45. The lowest BCUT2D eigenvalue weighted by molar-refractivity contribution is 0.0768. The van der Waals surface area contributed by atoms with Gasteiger partial charge < -0.3 is 14.2 Å². The molecule has 134 valence electrons. The summed E-state index contributed by atoms with van der Waals surface area (Å²) < 4.78 is 5.50. The van der Waals surface area contributed by atoms with Gasteiger partial charge in [-0.2, -0.15) is 0 Å². The number of hydrogen-bond acceptors (Lipinski definition) is 5. The predicted molar refractivity (Wildman–Crippen MR) is 103 cm³/mol. The van der Waals surface area contributed by atoms with Crippen LogP contribution < -0.4 is 0 Å². The van der Waals surface area contributed by atoms with Gasteiger partial charge in [-0.15, -0.1) is 11.3 Å². The normalized spacial score (nSPS) is 15.8. The zero-order valence-corrected chi connectivity index (χ0v) is 15.5. The second kappa shape index (κ2) is 7.43. The molecule has 0 bridgehead atoms. The molecule has 1 saturated heterocycles. The lowest BCUT2D eigenvalue weighted by atomic mass is 10.1. The molecule has 1 aliphatic rings. The number of likely N-dealkylation sites (N-methyl/N-ethyl adjacent to an activating group) is 1. The van der Waals surface area contributed by atoms with Crippen molar-refractivity contribution in [2.75, 3.05) is 33.2 Å². The zero-order chi connectivity index (χ0) is 17.9. The van der Waals surface area contributed by atoms with Gasteiger partial charge in [-0.3, -0.25) is 4.79 Å². The Morgan fingerprint density at radius 1 is 1.08 bits per heavy atom. The number of carbonyl (C=O) groups excluding carboxylic acids is 1. The van der Waals surface area contributed by atoms with Crippen molar-refractivity contribution in [2.24, 2.45) is 0 Å². The molecule has 26 heavy (non-hydrogen) atoms. The summed E-state index contributed by atoms with van der Waals surface area (Å²) in [5, 5.41) is 0.740. The maximum atomic E-state index is 13.3. The minimum atomic E-state index is 0.0643. The van der Waals surface area contributed by atoms with Crippen molar-refractivity contribution in [3.05, 3.63) is 53.6 Å². The summed E-state index contributed by atoms with van der Waals surface area (Å²) in [7, 11) is 2.10. The Labute approximate surface area is 156 Å². The molecule has 0 saturated carbocycles. The second-order valence-electron chi connectivity index (χ2n) is 6.49. The summed E-state index contributed by atoms with van der Waals surface area (Å²) in [6, 6.07) is 13.6. The van der Waals surface area contributed by atoms with Crippen LogP contribution in [0.15, 0.2) is 53.1 Å². The van der Waals surface area contributed by atoms with Gasteiger partial charge in [0, 0.05) is 25.2 Å². The first-order valence-electron chi connectivity index (χ1n) is 8.80. The molecule has 1 aromatic carbocycles. The highest BCUT2D eigenvalue weighted by molar-refractivity contribution is 7.17. The van der Waals surface area contributed by atoms with E-state index in [4.69, 9.17) is 9.40 Å². The summed E-state index contributed by atoms with van der Waals surface area (Å²) in [5.41, 5.74) is 1.70. The summed E-state index contributed by atoms with van der Waals surface area (Å²) >= 11 is 1.41. The van der Waals surface area contributed by atoms with Crippen LogP contribution in [0.1, 0.15) is 16.1 Å². The average molecular weight is 367 g/mol. The Bertz CT molecular complexity index is 874. The van der Waals surface area contributed by atoms with Gasteiger partial charge in [0.15, 0.2) is 10.8 Å². The van der Waals surface area contributed by atoms with Gasteiger partial charge >= 0.3 is 0 Å².